The molecule has 0 unspecified atom stereocenters. The Hall–Kier alpha value is -2.75. The molecule has 0 atom stereocenters. The maximum absolute atomic E-state index is 15.1. The Kier molecular flexibility index (Phi) is 9.12. The van der Waals surface area contributed by atoms with Crippen LogP contribution in [-0.4, -0.2) is 6.61 Å². The Morgan fingerprint density at radius 2 is 1.44 bits per heavy atom. The van der Waals surface area contributed by atoms with Crippen molar-refractivity contribution in [1.29, 1.82) is 0 Å². The average Bonchev–Trinajstić information content (AvgIpc) is 2.89. The van der Waals surface area contributed by atoms with E-state index >= 15 is 4.39 Å². The third-order valence-electron chi connectivity index (χ3n) is 7.57. The van der Waals surface area contributed by atoms with Crippen LogP contribution >= 0.6 is 0 Å². The van der Waals surface area contributed by atoms with Crippen molar-refractivity contribution < 1.29 is 17.9 Å². The molecule has 4 rings (SSSR count). The minimum absolute atomic E-state index is 0.0250. The van der Waals surface area contributed by atoms with E-state index in [-0.39, 0.29) is 17.7 Å². The second kappa shape index (κ2) is 12.5. The van der Waals surface area contributed by atoms with E-state index in [0.717, 1.165) is 49.7 Å². The highest BCUT2D eigenvalue weighted by Crippen LogP contribution is 2.43. The topological polar surface area (TPSA) is 9.23 Å². The lowest BCUT2D eigenvalue weighted by Gasteiger charge is -2.29. The van der Waals surface area contributed by atoms with Crippen molar-refractivity contribution in [3.8, 4) is 16.9 Å². The lowest BCUT2D eigenvalue weighted by molar-refractivity contribution is 0.289. The molecule has 0 bridgehead atoms. The van der Waals surface area contributed by atoms with Crippen molar-refractivity contribution in [2.75, 3.05) is 6.61 Å². The van der Waals surface area contributed by atoms with Crippen LogP contribution in [0.5, 0.6) is 5.75 Å². The van der Waals surface area contributed by atoms with E-state index in [1.54, 1.807) is 24.3 Å². The van der Waals surface area contributed by atoms with Gasteiger partial charge in [0.1, 0.15) is 0 Å². The van der Waals surface area contributed by atoms with Gasteiger partial charge in [0.05, 0.1) is 6.61 Å². The zero-order chi connectivity index (χ0) is 25.5. The molecule has 1 nitrogen and oxygen atoms in total. The smallest absolute Gasteiger partial charge is 0.166 e. The minimum Gasteiger partial charge on any atom is -0.491 e. The van der Waals surface area contributed by atoms with Gasteiger partial charge in [0.2, 0.25) is 0 Å². The molecule has 1 aliphatic carbocycles. The van der Waals surface area contributed by atoms with Gasteiger partial charge in [-0.3, -0.25) is 0 Å². The van der Waals surface area contributed by atoms with E-state index in [4.69, 9.17) is 4.74 Å². The van der Waals surface area contributed by atoms with E-state index in [1.165, 1.54) is 19.3 Å². The summed E-state index contributed by atoms with van der Waals surface area (Å²) in [6.07, 6.45) is 8.81. The molecule has 3 aromatic rings. The van der Waals surface area contributed by atoms with Crippen LogP contribution in [0, 0.1) is 24.4 Å². The molecule has 0 saturated heterocycles. The standard InChI is InChI=1S/C32H37F3O/c1-3-4-5-6-7-20-36-30-19-16-26(21-29(30)33)23-12-14-25(15-13-23)28-18-17-27(31(34)32(28)35)24-10-8-22(2)9-11-24/h8-11,16-19,21,23,25H,3-7,12-15,20H2,1-2H3. The maximum Gasteiger partial charge on any atom is 0.166 e. The van der Waals surface area contributed by atoms with Gasteiger partial charge in [-0.05, 0) is 79.7 Å². The Labute approximate surface area is 213 Å². The van der Waals surface area contributed by atoms with Gasteiger partial charge in [0, 0.05) is 5.56 Å². The van der Waals surface area contributed by atoms with Crippen molar-refractivity contribution in [2.45, 2.75) is 83.5 Å². The number of hydrogen-bond acceptors (Lipinski definition) is 1. The molecule has 0 aliphatic heterocycles. The van der Waals surface area contributed by atoms with Crippen LogP contribution in [0.2, 0.25) is 0 Å². The number of ether oxygens (including phenoxy) is 1. The van der Waals surface area contributed by atoms with E-state index in [9.17, 15) is 8.78 Å². The van der Waals surface area contributed by atoms with Crippen LogP contribution in [0.3, 0.4) is 0 Å². The fourth-order valence-electron chi connectivity index (χ4n) is 5.35. The molecule has 0 aromatic heterocycles. The minimum atomic E-state index is -0.776. The van der Waals surface area contributed by atoms with Crippen LogP contribution in [0.25, 0.3) is 11.1 Å². The highest BCUT2D eigenvalue weighted by molar-refractivity contribution is 5.65. The Morgan fingerprint density at radius 3 is 2.14 bits per heavy atom. The molecule has 192 valence electrons. The van der Waals surface area contributed by atoms with Gasteiger partial charge >= 0.3 is 0 Å². The number of halogens is 3. The summed E-state index contributed by atoms with van der Waals surface area (Å²) < 4.78 is 50.4. The molecule has 1 fully saturated rings. The van der Waals surface area contributed by atoms with Crippen LogP contribution in [-0.2, 0) is 0 Å². The number of rotatable bonds is 10. The van der Waals surface area contributed by atoms with Gasteiger partial charge in [0.15, 0.2) is 23.2 Å². The molecule has 0 amide bonds. The first-order valence-electron chi connectivity index (χ1n) is 13.4. The summed E-state index contributed by atoms with van der Waals surface area (Å²) in [6, 6.07) is 16.2. The highest BCUT2D eigenvalue weighted by atomic mass is 19.2. The molecule has 1 saturated carbocycles. The second-order valence-electron chi connectivity index (χ2n) is 10.2. The lowest BCUT2D eigenvalue weighted by Crippen LogP contribution is -2.14. The van der Waals surface area contributed by atoms with E-state index in [2.05, 4.69) is 6.92 Å². The fourth-order valence-corrected chi connectivity index (χ4v) is 5.35. The van der Waals surface area contributed by atoms with E-state index in [0.29, 0.717) is 29.0 Å². The summed E-state index contributed by atoms with van der Waals surface area (Å²) in [5, 5.41) is 0. The number of benzene rings is 3. The third kappa shape index (κ3) is 6.32. The fraction of sp³-hybridized carbons (Fsp3) is 0.438. The average molecular weight is 495 g/mol. The largest absolute Gasteiger partial charge is 0.491 e. The molecule has 0 radical (unpaired) electrons. The van der Waals surface area contributed by atoms with Crippen molar-refractivity contribution in [1.82, 2.24) is 0 Å². The van der Waals surface area contributed by atoms with Crippen LogP contribution in [0.1, 0.15) is 93.2 Å². The Balaban J connectivity index is 1.35. The van der Waals surface area contributed by atoms with Crippen molar-refractivity contribution in [3.63, 3.8) is 0 Å². The highest BCUT2D eigenvalue weighted by Gasteiger charge is 2.27. The summed E-state index contributed by atoms with van der Waals surface area (Å²) >= 11 is 0. The summed E-state index contributed by atoms with van der Waals surface area (Å²) in [5.74, 6) is -1.32. The molecule has 0 spiro atoms. The molecule has 36 heavy (non-hydrogen) atoms. The van der Waals surface area contributed by atoms with Crippen molar-refractivity contribution in [3.05, 3.63) is 88.7 Å². The Bertz CT molecular complexity index is 1130. The molecule has 1 aliphatic rings. The number of unbranched alkanes of at least 4 members (excludes halogenated alkanes) is 4. The summed E-state index contributed by atoms with van der Waals surface area (Å²) in [6.45, 7) is 4.69. The van der Waals surface area contributed by atoms with Gasteiger partial charge in [0.25, 0.3) is 0 Å². The molecule has 3 aromatic carbocycles. The first kappa shape index (κ1) is 26.3. The quantitative estimate of drug-likeness (QED) is 0.255. The zero-order valence-electron chi connectivity index (χ0n) is 21.5. The van der Waals surface area contributed by atoms with Crippen molar-refractivity contribution in [2.24, 2.45) is 0 Å². The maximum atomic E-state index is 15.1. The lowest BCUT2D eigenvalue weighted by atomic mass is 9.76. The number of hydrogen-bond donors (Lipinski definition) is 0. The van der Waals surface area contributed by atoms with Crippen LogP contribution < -0.4 is 4.74 Å². The Morgan fingerprint density at radius 1 is 0.750 bits per heavy atom. The van der Waals surface area contributed by atoms with Gasteiger partial charge in [-0.2, -0.15) is 0 Å². The predicted octanol–water partition coefficient (Wildman–Crippen LogP) is 9.87. The van der Waals surface area contributed by atoms with Gasteiger partial charge in [-0.1, -0.05) is 80.6 Å². The van der Waals surface area contributed by atoms with Crippen LogP contribution in [0.4, 0.5) is 13.2 Å². The van der Waals surface area contributed by atoms with Gasteiger partial charge in [-0.25, -0.2) is 13.2 Å². The normalized spacial score (nSPS) is 17.8. The predicted molar refractivity (Wildman–Crippen MR) is 141 cm³/mol. The van der Waals surface area contributed by atoms with E-state index < -0.39 is 11.6 Å². The molecular weight excluding hydrogens is 457 g/mol. The second-order valence-corrected chi connectivity index (χ2v) is 10.2. The first-order valence-corrected chi connectivity index (χ1v) is 13.4. The zero-order valence-corrected chi connectivity index (χ0v) is 21.5. The molecule has 0 N–H and O–H groups in total. The van der Waals surface area contributed by atoms with Gasteiger partial charge < -0.3 is 4.74 Å². The van der Waals surface area contributed by atoms with Crippen LogP contribution in [0.15, 0.2) is 54.6 Å². The SMILES string of the molecule is CCCCCCCOc1ccc(C2CCC(c3ccc(-c4ccc(C)cc4)c(F)c3F)CC2)cc1F. The first-order chi connectivity index (χ1) is 17.5. The number of aryl methyl sites for hydroxylation is 1. The summed E-state index contributed by atoms with van der Waals surface area (Å²) in [7, 11) is 0. The van der Waals surface area contributed by atoms with E-state index in [1.807, 2.05) is 37.3 Å². The molecular formula is C32H37F3O. The molecule has 0 heterocycles. The van der Waals surface area contributed by atoms with Crippen molar-refractivity contribution >= 4 is 0 Å². The van der Waals surface area contributed by atoms with Gasteiger partial charge in [-0.15, -0.1) is 0 Å². The summed E-state index contributed by atoms with van der Waals surface area (Å²) in [5.41, 5.74) is 3.47. The molecule has 4 heteroatoms. The summed E-state index contributed by atoms with van der Waals surface area (Å²) in [4.78, 5) is 0. The monoisotopic (exact) mass is 494 g/mol. The third-order valence-corrected chi connectivity index (χ3v) is 7.57.